The van der Waals surface area contributed by atoms with Gasteiger partial charge >= 0.3 is 0 Å². The highest BCUT2D eigenvalue weighted by Crippen LogP contribution is 2.30. The van der Waals surface area contributed by atoms with Gasteiger partial charge in [0.15, 0.2) is 0 Å². The maximum atomic E-state index is 6.28. The number of hydrogen-bond acceptors (Lipinski definition) is 2. The van der Waals surface area contributed by atoms with E-state index in [1.54, 1.807) is 0 Å². The van der Waals surface area contributed by atoms with Crippen molar-refractivity contribution < 1.29 is 4.74 Å². The lowest BCUT2D eigenvalue weighted by molar-refractivity contribution is 0.482. The van der Waals surface area contributed by atoms with Crippen LogP contribution in [0.5, 0.6) is 11.5 Å². The molecule has 2 nitrogen and oxygen atoms in total. The zero-order chi connectivity index (χ0) is 14.5. The quantitative estimate of drug-likeness (QED) is 0.849. The number of rotatable bonds is 5. The Hall–Kier alpha value is -1.51. The van der Waals surface area contributed by atoms with Crippen LogP contribution < -0.4 is 10.1 Å². The van der Waals surface area contributed by atoms with Crippen LogP contribution in [0.25, 0.3) is 0 Å². The van der Waals surface area contributed by atoms with Gasteiger partial charge in [-0.1, -0.05) is 30.7 Å². The Balaban J connectivity index is 2.14. The molecule has 0 saturated heterocycles. The van der Waals surface area contributed by atoms with Gasteiger partial charge in [0.2, 0.25) is 0 Å². The van der Waals surface area contributed by atoms with E-state index in [0.29, 0.717) is 10.8 Å². The minimum atomic E-state index is 0.638. The van der Waals surface area contributed by atoms with Crippen molar-refractivity contribution in [2.45, 2.75) is 27.3 Å². The highest BCUT2D eigenvalue weighted by Gasteiger charge is 2.05. The van der Waals surface area contributed by atoms with Crippen molar-refractivity contribution in [1.29, 1.82) is 0 Å². The third-order valence-electron chi connectivity index (χ3n) is 3.28. The second-order valence-corrected chi connectivity index (χ2v) is 5.30. The van der Waals surface area contributed by atoms with Crippen LogP contribution in [0, 0.1) is 13.8 Å². The van der Waals surface area contributed by atoms with Crippen molar-refractivity contribution in [1.82, 2.24) is 5.32 Å². The van der Waals surface area contributed by atoms with Crippen LogP contribution in [0.4, 0.5) is 0 Å². The summed E-state index contributed by atoms with van der Waals surface area (Å²) < 4.78 is 5.85. The summed E-state index contributed by atoms with van der Waals surface area (Å²) in [6.07, 6.45) is 0. The Morgan fingerprint density at radius 2 is 1.85 bits per heavy atom. The molecule has 20 heavy (non-hydrogen) atoms. The Morgan fingerprint density at radius 1 is 1.05 bits per heavy atom. The monoisotopic (exact) mass is 289 g/mol. The van der Waals surface area contributed by atoms with E-state index in [4.69, 9.17) is 16.3 Å². The van der Waals surface area contributed by atoms with Gasteiger partial charge in [-0.2, -0.15) is 0 Å². The van der Waals surface area contributed by atoms with E-state index in [0.717, 1.165) is 24.4 Å². The van der Waals surface area contributed by atoms with Gasteiger partial charge in [0.25, 0.3) is 0 Å². The van der Waals surface area contributed by atoms with Gasteiger partial charge in [0, 0.05) is 6.54 Å². The molecular formula is C17H20ClNO. The number of nitrogens with one attached hydrogen (secondary N) is 1. The van der Waals surface area contributed by atoms with Gasteiger partial charge in [0.1, 0.15) is 11.5 Å². The van der Waals surface area contributed by atoms with Crippen molar-refractivity contribution in [3.63, 3.8) is 0 Å². The maximum absolute atomic E-state index is 6.28. The number of ether oxygens (including phenoxy) is 1. The highest BCUT2D eigenvalue weighted by atomic mass is 35.5. The first-order valence-corrected chi connectivity index (χ1v) is 7.22. The maximum Gasteiger partial charge on any atom is 0.146 e. The SMILES string of the molecule is CCNCc1ccc(Oc2ccc(C)c(C)c2)c(Cl)c1. The van der Waals surface area contributed by atoms with E-state index in [1.165, 1.54) is 11.1 Å². The lowest BCUT2D eigenvalue weighted by Crippen LogP contribution is -2.11. The molecule has 106 valence electrons. The first-order chi connectivity index (χ1) is 9.60. The van der Waals surface area contributed by atoms with E-state index in [1.807, 2.05) is 30.3 Å². The fourth-order valence-corrected chi connectivity index (χ4v) is 2.15. The number of aryl methyl sites for hydroxylation is 2. The Labute approximate surface area is 125 Å². The number of halogens is 1. The van der Waals surface area contributed by atoms with Crippen LogP contribution >= 0.6 is 11.6 Å². The van der Waals surface area contributed by atoms with Crippen molar-refractivity contribution >= 4 is 11.6 Å². The molecule has 0 unspecified atom stereocenters. The zero-order valence-electron chi connectivity index (χ0n) is 12.2. The van der Waals surface area contributed by atoms with Crippen LogP contribution in [0.1, 0.15) is 23.6 Å². The minimum absolute atomic E-state index is 0.638. The molecule has 0 atom stereocenters. The summed E-state index contributed by atoms with van der Waals surface area (Å²) in [6, 6.07) is 11.9. The molecule has 0 amide bonds. The second kappa shape index (κ2) is 6.78. The molecule has 0 aliphatic rings. The summed E-state index contributed by atoms with van der Waals surface area (Å²) in [4.78, 5) is 0. The van der Waals surface area contributed by atoms with Crippen molar-refractivity contribution in [2.75, 3.05) is 6.54 Å². The smallest absolute Gasteiger partial charge is 0.146 e. The van der Waals surface area contributed by atoms with Crippen molar-refractivity contribution in [3.05, 3.63) is 58.1 Å². The number of benzene rings is 2. The molecule has 0 heterocycles. The lowest BCUT2D eigenvalue weighted by atomic mass is 10.1. The minimum Gasteiger partial charge on any atom is -0.456 e. The van der Waals surface area contributed by atoms with Crippen molar-refractivity contribution in [3.8, 4) is 11.5 Å². The summed E-state index contributed by atoms with van der Waals surface area (Å²) >= 11 is 6.28. The van der Waals surface area contributed by atoms with Crippen LogP contribution in [0.3, 0.4) is 0 Å². The normalized spacial score (nSPS) is 10.6. The fraction of sp³-hybridized carbons (Fsp3) is 0.294. The van der Waals surface area contributed by atoms with Crippen molar-refractivity contribution in [2.24, 2.45) is 0 Å². The fourth-order valence-electron chi connectivity index (χ4n) is 1.91. The molecule has 3 heteroatoms. The van der Waals surface area contributed by atoms with Gasteiger partial charge in [-0.3, -0.25) is 0 Å². The van der Waals surface area contributed by atoms with Crippen LogP contribution in [-0.4, -0.2) is 6.54 Å². The van der Waals surface area contributed by atoms with Crippen LogP contribution in [0.15, 0.2) is 36.4 Å². The number of hydrogen-bond donors (Lipinski definition) is 1. The van der Waals surface area contributed by atoms with E-state index in [-0.39, 0.29) is 0 Å². The first-order valence-electron chi connectivity index (χ1n) is 6.84. The van der Waals surface area contributed by atoms with Gasteiger partial charge < -0.3 is 10.1 Å². The molecule has 2 rings (SSSR count). The second-order valence-electron chi connectivity index (χ2n) is 4.89. The predicted molar refractivity (Wildman–Crippen MR) is 84.8 cm³/mol. The molecule has 0 spiro atoms. The average molecular weight is 290 g/mol. The molecular weight excluding hydrogens is 270 g/mol. The largest absolute Gasteiger partial charge is 0.456 e. The molecule has 0 aliphatic carbocycles. The van der Waals surface area contributed by atoms with E-state index >= 15 is 0 Å². The average Bonchev–Trinajstić information content (AvgIpc) is 2.43. The molecule has 1 N–H and O–H groups in total. The lowest BCUT2D eigenvalue weighted by Gasteiger charge is -2.11. The standard InChI is InChI=1S/C17H20ClNO/c1-4-19-11-14-6-8-17(16(18)10-14)20-15-7-5-12(2)13(3)9-15/h5-10,19H,4,11H2,1-3H3. The Morgan fingerprint density at radius 3 is 2.50 bits per heavy atom. The predicted octanol–water partition coefficient (Wildman–Crippen LogP) is 4.86. The Kier molecular flexibility index (Phi) is 5.05. The van der Waals surface area contributed by atoms with E-state index in [9.17, 15) is 0 Å². The topological polar surface area (TPSA) is 21.3 Å². The van der Waals surface area contributed by atoms with Crippen LogP contribution in [0.2, 0.25) is 5.02 Å². The molecule has 0 bridgehead atoms. The highest BCUT2D eigenvalue weighted by molar-refractivity contribution is 6.32. The molecule has 0 aliphatic heterocycles. The van der Waals surface area contributed by atoms with Gasteiger partial charge in [-0.15, -0.1) is 0 Å². The summed E-state index contributed by atoms with van der Waals surface area (Å²) in [7, 11) is 0. The zero-order valence-corrected chi connectivity index (χ0v) is 12.9. The first kappa shape index (κ1) is 14.9. The van der Waals surface area contributed by atoms with Gasteiger partial charge in [-0.05, 0) is 61.3 Å². The molecule has 0 radical (unpaired) electrons. The summed E-state index contributed by atoms with van der Waals surface area (Å²) in [5, 5.41) is 3.91. The summed E-state index contributed by atoms with van der Waals surface area (Å²) in [6.45, 7) is 8.00. The third kappa shape index (κ3) is 3.75. The molecule has 0 aromatic heterocycles. The third-order valence-corrected chi connectivity index (χ3v) is 3.58. The van der Waals surface area contributed by atoms with E-state index < -0.39 is 0 Å². The summed E-state index contributed by atoms with van der Waals surface area (Å²) in [5.41, 5.74) is 3.62. The van der Waals surface area contributed by atoms with Gasteiger partial charge in [0.05, 0.1) is 5.02 Å². The summed E-state index contributed by atoms with van der Waals surface area (Å²) in [5.74, 6) is 1.50. The molecule has 0 fully saturated rings. The van der Waals surface area contributed by atoms with Gasteiger partial charge in [-0.25, -0.2) is 0 Å². The van der Waals surface area contributed by atoms with Crippen LogP contribution in [-0.2, 0) is 6.54 Å². The van der Waals surface area contributed by atoms with E-state index in [2.05, 4.69) is 32.2 Å². The molecule has 2 aromatic rings. The molecule has 2 aromatic carbocycles. The molecule has 0 saturated carbocycles. The Bertz CT molecular complexity index is 596.